The number of aryl methyl sites for hydroxylation is 2. The molecule has 0 saturated heterocycles. The number of carbonyl (C=O) groups excluding carboxylic acids is 1. The van der Waals surface area contributed by atoms with Crippen molar-refractivity contribution in [1.82, 2.24) is 4.90 Å². The zero-order chi connectivity index (χ0) is 18.4. The van der Waals surface area contributed by atoms with Gasteiger partial charge in [-0.25, -0.2) is 0 Å². The third kappa shape index (κ3) is 6.18. The van der Waals surface area contributed by atoms with Crippen molar-refractivity contribution < 1.29 is 9.53 Å². The molecule has 0 radical (unpaired) electrons. The van der Waals surface area contributed by atoms with E-state index < -0.39 is 0 Å². The monoisotopic (exact) mass is 359 g/mol. The molecular weight excluding hydrogens is 334 g/mol. The smallest absolute Gasteiger partial charge is 0.141 e. The summed E-state index contributed by atoms with van der Waals surface area (Å²) in [6, 6.07) is 11.7. The van der Waals surface area contributed by atoms with E-state index in [1.165, 1.54) is 0 Å². The number of halogens is 1. The molecule has 0 N–H and O–H groups in total. The number of likely N-dealkylation sites (N-methyl/N-ethyl adjacent to an activating group) is 1. The minimum absolute atomic E-state index is 0.185. The highest BCUT2D eigenvalue weighted by Crippen LogP contribution is 2.21. The Morgan fingerprint density at radius 1 is 1.00 bits per heavy atom. The molecule has 0 unspecified atom stereocenters. The second-order valence-electron chi connectivity index (χ2n) is 6.73. The van der Waals surface area contributed by atoms with Gasteiger partial charge in [0.1, 0.15) is 18.1 Å². The molecule has 25 heavy (non-hydrogen) atoms. The van der Waals surface area contributed by atoms with Crippen LogP contribution in [0.4, 0.5) is 0 Å². The fourth-order valence-electron chi connectivity index (χ4n) is 2.58. The number of benzene rings is 2. The molecule has 0 atom stereocenters. The van der Waals surface area contributed by atoms with Crippen LogP contribution in [0.1, 0.15) is 22.3 Å². The van der Waals surface area contributed by atoms with Crippen molar-refractivity contribution in [3.63, 3.8) is 0 Å². The summed E-state index contributed by atoms with van der Waals surface area (Å²) in [5, 5.41) is 0.731. The molecule has 3 nitrogen and oxygen atoms in total. The molecule has 134 valence electrons. The first-order valence-corrected chi connectivity index (χ1v) is 8.86. The molecule has 0 saturated carbocycles. The van der Waals surface area contributed by atoms with Gasteiger partial charge in [0, 0.05) is 24.4 Å². The van der Waals surface area contributed by atoms with E-state index in [9.17, 15) is 4.79 Å². The predicted molar refractivity (Wildman–Crippen MR) is 104 cm³/mol. The van der Waals surface area contributed by atoms with Crippen molar-refractivity contribution in [2.24, 2.45) is 0 Å². The summed E-state index contributed by atoms with van der Waals surface area (Å²) in [6.07, 6.45) is 0.828. The third-order valence-corrected chi connectivity index (χ3v) is 4.50. The number of carbonyl (C=O) groups is 1. The lowest BCUT2D eigenvalue weighted by Crippen LogP contribution is -2.19. The highest BCUT2D eigenvalue weighted by molar-refractivity contribution is 6.31. The number of ether oxygens (including phenoxy) is 1. The predicted octanol–water partition coefficient (Wildman–Crippen LogP) is 4.25. The summed E-state index contributed by atoms with van der Waals surface area (Å²) in [5.74, 6) is 1.04. The standard InChI is InChI=1S/C21H26ClNO2/c1-15-5-6-18(14-21(15)25-10-9-23(3)4)13-19(24)12-17-7-8-20(22)16(2)11-17/h5-8,11,14H,9-10,12-13H2,1-4H3. The van der Waals surface area contributed by atoms with Crippen LogP contribution in [-0.2, 0) is 17.6 Å². The van der Waals surface area contributed by atoms with Gasteiger partial charge in [-0.05, 0) is 62.3 Å². The topological polar surface area (TPSA) is 29.5 Å². The molecule has 0 fully saturated rings. The number of Topliss-reactive ketones (excluding diaryl/α,β-unsaturated/α-hetero) is 1. The zero-order valence-electron chi connectivity index (χ0n) is 15.4. The largest absolute Gasteiger partial charge is 0.492 e. The molecule has 0 bridgehead atoms. The number of hydrogen-bond donors (Lipinski definition) is 0. The Morgan fingerprint density at radius 3 is 2.28 bits per heavy atom. The molecule has 0 spiro atoms. The highest BCUT2D eigenvalue weighted by atomic mass is 35.5. The van der Waals surface area contributed by atoms with Crippen LogP contribution in [0.5, 0.6) is 5.75 Å². The molecule has 2 rings (SSSR count). The second kappa shape index (κ2) is 9.02. The van der Waals surface area contributed by atoms with E-state index in [-0.39, 0.29) is 5.78 Å². The van der Waals surface area contributed by atoms with E-state index in [0.29, 0.717) is 19.4 Å². The summed E-state index contributed by atoms with van der Waals surface area (Å²) < 4.78 is 5.85. The molecular formula is C21H26ClNO2. The molecule has 0 aliphatic heterocycles. The first-order chi connectivity index (χ1) is 11.8. The van der Waals surface area contributed by atoms with Crippen LogP contribution >= 0.6 is 11.6 Å². The van der Waals surface area contributed by atoms with Crippen LogP contribution in [0, 0.1) is 13.8 Å². The van der Waals surface area contributed by atoms with Crippen molar-refractivity contribution in [3.05, 3.63) is 63.7 Å². The van der Waals surface area contributed by atoms with Gasteiger partial charge in [0.05, 0.1) is 0 Å². The van der Waals surface area contributed by atoms with E-state index in [1.54, 1.807) is 0 Å². The molecule has 4 heteroatoms. The van der Waals surface area contributed by atoms with Crippen LogP contribution in [0.25, 0.3) is 0 Å². The van der Waals surface area contributed by atoms with E-state index in [0.717, 1.165) is 39.6 Å². The number of ketones is 1. The van der Waals surface area contributed by atoms with Gasteiger partial charge in [-0.2, -0.15) is 0 Å². The number of nitrogens with zero attached hydrogens (tertiary/aromatic N) is 1. The Bertz CT molecular complexity index is 741. The average molecular weight is 360 g/mol. The molecule has 2 aromatic carbocycles. The lowest BCUT2D eigenvalue weighted by Gasteiger charge is -2.13. The zero-order valence-corrected chi connectivity index (χ0v) is 16.2. The van der Waals surface area contributed by atoms with Crippen molar-refractivity contribution in [2.75, 3.05) is 27.2 Å². The molecule has 0 amide bonds. The second-order valence-corrected chi connectivity index (χ2v) is 7.13. The van der Waals surface area contributed by atoms with Crippen molar-refractivity contribution in [3.8, 4) is 5.75 Å². The number of hydrogen-bond acceptors (Lipinski definition) is 3. The SMILES string of the molecule is Cc1cc(CC(=O)Cc2ccc(C)c(OCCN(C)C)c2)ccc1Cl. The first-order valence-electron chi connectivity index (χ1n) is 8.49. The van der Waals surface area contributed by atoms with Crippen LogP contribution < -0.4 is 4.74 Å². The summed E-state index contributed by atoms with van der Waals surface area (Å²) >= 11 is 6.04. The maximum absolute atomic E-state index is 12.4. The summed E-state index contributed by atoms with van der Waals surface area (Å²) in [4.78, 5) is 14.5. The number of rotatable bonds is 8. The molecule has 0 aliphatic rings. The fourth-order valence-corrected chi connectivity index (χ4v) is 2.70. The van der Waals surface area contributed by atoms with Gasteiger partial charge in [0.15, 0.2) is 0 Å². The van der Waals surface area contributed by atoms with E-state index in [4.69, 9.17) is 16.3 Å². The van der Waals surface area contributed by atoms with E-state index in [1.807, 2.05) is 64.3 Å². The normalized spacial score (nSPS) is 11.0. The average Bonchev–Trinajstić information content (AvgIpc) is 2.53. The molecule has 0 heterocycles. The van der Waals surface area contributed by atoms with Gasteiger partial charge in [-0.1, -0.05) is 35.9 Å². The molecule has 2 aromatic rings. The van der Waals surface area contributed by atoms with Crippen molar-refractivity contribution in [1.29, 1.82) is 0 Å². The summed E-state index contributed by atoms with van der Waals surface area (Å²) in [5.41, 5.74) is 4.07. The van der Waals surface area contributed by atoms with E-state index in [2.05, 4.69) is 4.90 Å². The lowest BCUT2D eigenvalue weighted by molar-refractivity contribution is -0.117. The van der Waals surface area contributed by atoms with Crippen LogP contribution in [0.2, 0.25) is 5.02 Å². The quantitative estimate of drug-likeness (QED) is 0.705. The van der Waals surface area contributed by atoms with Crippen LogP contribution in [0.15, 0.2) is 36.4 Å². The Hall–Kier alpha value is -1.84. The minimum Gasteiger partial charge on any atom is -0.492 e. The lowest BCUT2D eigenvalue weighted by atomic mass is 10.0. The van der Waals surface area contributed by atoms with Crippen molar-refractivity contribution >= 4 is 17.4 Å². The minimum atomic E-state index is 0.185. The van der Waals surface area contributed by atoms with Crippen LogP contribution in [0.3, 0.4) is 0 Å². The van der Waals surface area contributed by atoms with Gasteiger partial charge in [-0.15, -0.1) is 0 Å². The Morgan fingerprint density at radius 2 is 1.64 bits per heavy atom. The third-order valence-electron chi connectivity index (χ3n) is 4.07. The highest BCUT2D eigenvalue weighted by Gasteiger charge is 2.09. The Kier molecular flexibility index (Phi) is 7.03. The van der Waals surface area contributed by atoms with Gasteiger partial charge in [-0.3, -0.25) is 4.79 Å². The Labute approximate surface area is 155 Å². The summed E-state index contributed by atoms with van der Waals surface area (Å²) in [7, 11) is 4.04. The van der Waals surface area contributed by atoms with Gasteiger partial charge < -0.3 is 9.64 Å². The fraction of sp³-hybridized carbons (Fsp3) is 0.381. The molecule has 0 aromatic heterocycles. The summed E-state index contributed by atoms with van der Waals surface area (Å²) in [6.45, 7) is 5.47. The maximum Gasteiger partial charge on any atom is 0.141 e. The van der Waals surface area contributed by atoms with Gasteiger partial charge in [0.25, 0.3) is 0 Å². The van der Waals surface area contributed by atoms with Crippen molar-refractivity contribution in [2.45, 2.75) is 26.7 Å². The van der Waals surface area contributed by atoms with Gasteiger partial charge >= 0.3 is 0 Å². The van der Waals surface area contributed by atoms with Gasteiger partial charge in [0.2, 0.25) is 0 Å². The first kappa shape index (κ1) is 19.5. The Balaban J connectivity index is 1.98. The van der Waals surface area contributed by atoms with Crippen LogP contribution in [-0.4, -0.2) is 37.9 Å². The molecule has 0 aliphatic carbocycles. The van der Waals surface area contributed by atoms with E-state index >= 15 is 0 Å². The maximum atomic E-state index is 12.4.